The van der Waals surface area contributed by atoms with Crippen LogP contribution in [0.15, 0.2) is 41.4 Å². The Morgan fingerprint density at radius 2 is 1.97 bits per heavy atom. The minimum atomic E-state index is -4.39. The van der Waals surface area contributed by atoms with Gasteiger partial charge in [-0.15, -0.1) is 0 Å². The van der Waals surface area contributed by atoms with Gasteiger partial charge in [-0.2, -0.15) is 13.2 Å². The van der Waals surface area contributed by atoms with Crippen molar-refractivity contribution in [1.29, 1.82) is 0 Å². The lowest BCUT2D eigenvalue weighted by Gasteiger charge is -2.33. The molecule has 186 valence electrons. The number of anilines is 1. The van der Waals surface area contributed by atoms with Crippen molar-refractivity contribution in [3.63, 3.8) is 0 Å². The number of aliphatic imine (C=N–C) groups is 1. The number of benzene rings is 2. The van der Waals surface area contributed by atoms with Gasteiger partial charge in [0, 0.05) is 12.3 Å². The number of halogens is 3. The van der Waals surface area contributed by atoms with Crippen molar-refractivity contribution in [2.24, 2.45) is 16.3 Å². The average molecular weight is 487 g/mol. The third kappa shape index (κ3) is 5.92. The van der Waals surface area contributed by atoms with E-state index in [1.54, 1.807) is 0 Å². The van der Waals surface area contributed by atoms with E-state index in [4.69, 9.17) is 10.1 Å². The summed E-state index contributed by atoms with van der Waals surface area (Å²) in [6, 6.07) is 8.84. The van der Waals surface area contributed by atoms with Gasteiger partial charge in [-0.3, -0.25) is 4.79 Å². The van der Waals surface area contributed by atoms with Crippen LogP contribution in [0.1, 0.15) is 62.6 Å². The van der Waals surface area contributed by atoms with Crippen LogP contribution in [0.25, 0.3) is 0 Å². The summed E-state index contributed by atoms with van der Waals surface area (Å²) in [6.45, 7) is 6.51. The molecule has 0 saturated heterocycles. The predicted molar refractivity (Wildman–Crippen MR) is 131 cm³/mol. The van der Waals surface area contributed by atoms with Gasteiger partial charge in [0.05, 0.1) is 17.5 Å². The van der Waals surface area contributed by atoms with Crippen LogP contribution >= 0.6 is 0 Å². The Morgan fingerprint density at radius 1 is 1.26 bits per heavy atom. The van der Waals surface area contributed by atoms with Crippen molar-refractivity contribution in [3.8, 4) is 0 Å². The van der Waals surface area contributed by atoms with E-state index in [2.05, 4.69) is 25.4 Å². The lowest BCUT2D eigenvalue weighted by atomic mass is 9.72. The molecule has 2 aliphatic rings. The molecule has 1 heterocycles. The Balaban J connectivity index is 1.69. The van der Waals surface area contributed by atoms with Crippen LogP contribution in [0.2, 0.25) is 0 Å². The summed E-state index contributed by atoms with van der Waals surface area (Å²) in [5.41, 5.74) is 3.57. The molecule has 1 aliphatic heterocycles. The minimum Gasteiger partial charge on any atom is -0.481 e. The summed E-state index contributed by atoms with van der Waals surface area (Å²) in [6.07, 6.45) is 2.67. The van der Waals surface area contributed by atoms with Crippen LogP contribution in [0.3, 0.4) is 0 Å². The molecule has 1 atom stereocenters. The lowest BCUT2D eigenvalue weighted by Crippen LogP contribution is -2.29. The lowest BCUT2D eigenvalue weighted by molar-refractivity contribution is -0.298. The number of hydrogen-bond donors (Lipinski definition) is 2. The molecule has 0 aromatic heterocycles. The first-order valence-corrected chi connectivity index (χ1v) is 11.9. The number of rotatable bonds is 5. The highest BCUT2D eigenvalue weighted by atomic mass is 19.4. The maximum Gasteiger partial charge on any atom is 0.416 e. The number of carbonyl (C=O) groups is 1. The van der Waals surface area contributed by atoms with Crippen molar-refractivity contribution in [2.75, 3.05) is 5.32 Å². The fourth-order valence-corrected chi connectivity index (χ4v) is 5.01. The van der Waals surface area contributed by atoms with Crippen molar-refractivity contribution >= 4 is 35.2 Å². The van der Waals surface area contributed by atoms with Gasteiger partial charge in [-0.1, -0.05) is 25.3 Å². The van der Waals surface area contributed by atoms with Crippen molar-refractivity contribution in [2.45, 2.75) is 65.5 Å². The van der Waals surface area contributed by atoms with Gasteiger partial charge in [-0.05, 0) is 85.5 Å². The standard InChI is InChI=1S/C27H30F3N3O2/c1-17-13-23-22(14-19(17)6-11-24(34)35)32-25(31-21-9-7-20(8-10-21)27(28,29)30)33(23)16-18-5-4-12-26(2,3)15-18/h7-10,13-14,16,18H,4-6,11-12,15H2,1-3H3,(H-,31,32,34,35)/p+1. The molecule has 1 unspecified atom stereocenters. The quantitative estimate of drug-likeness (QED) is 0.444. The van der Waals surface area contributed by atoms with E-state index in [0.717, 1.165) is 53.9 Å². The number of carboxylic acid groups (broad SMARTS) is 1. The van der Waals surface area contributed by atoms with Crippen LogP contribution in [-0.2, 0) is 17.4 Å². The molecule has 35 heavy (non-hydrogen) atoms. The zero-order valence-corrected chi connectivity index (χ0v) is 20.2. The van der Waals surface area contributed by atoms with Gasteiger partial charge < -0.3 is 5.11 Å². The highest BCUT2D eigenvalue weighted by molar-refractivity contribution is 5.97. The molecule has 0 amide bonds. The summed E-state index contributed by atoms with van der Waals surface area (Å²) in [5, 5.41) is 12.3. The zero-order chi connectivity index (χ0) is 25.4. The second kappa shape index (κ2) is 9.47. The van der Waals surface area contributed by atoms with Crippen LogP contribution in [0.4, 0.5) is 30.2 Å². The molecule has 8 heteroatoms. The summed E-state index contributed by atoms with van der Waals surface area (Å²) >= 11 is 0. The first kappa shape index (κ1) is 24.9. The van der Waals surface area contributed by atoms with E-state index in [9.17, 15) is 18.0 Å². The number of nitrogens with zero attached hydrogens (tertiary/aromatic N) is 2. The Morgan fingerprint density at radius 3 is 2.60 bits per heavy atom. The number of guanidine groups is 1. The van der Waals surface area contributed by atoms with Gasteiger partial charge in [0.1, 0.15) is 5.69 Å². The summed E-state index contributed by atoms with van der Waals surface area (Å²) < 4.78 is 41.0. The molecule has 0 bridgehead atoms. The monoisotopic (exact) mass is 486 g/mol. The van der Waals surface area contributed by atoms with Gasteiger partial charge in [0.15, 0.2) is 5.69 Å². The maximum atomic E-state index is 13.0. The molecule has 4 rings (SSSR count). The largest absolute Gasteiger partial charge is 0.481 e. The molecule has 0 spiro atoms. The first-order valence-electron chi connectivity index (χ1n) is 11.9. The van der Waals surface area contributed by atoms with Crippen LogP contribution in [0, 0.1) is 18.3 Å². The van der Waals surface area contributed by atoms with Crippen molar-refractivity contribution in [3.05, 3.63) is 53.1 Å². The molecule has 5 nitrogen and oxygen atoms in total. The van der Waals surface area contributed by atoms with Crippen LogP contribution in [-0.4, -0.2) is 27.8 Å². The fraction of sp³-hybridized carbons (Fsp3) is 0.444. The highest BCUT2D eigenvalue weighted by Crippen LogP contribution is 2.40. The van der Waals surface area contributed by atoms with E-state index in [-0.39, 0.29) is 11.8 Å². The van der Waals surface area contributed by atoms with Crippen LogP contribution < -0.4 is 5.32 Å². The average Bonchev–Trinajstić information content (AvgIpc) is 3.07. The Hall–Kier alpha value is -3.16. The second-order valence-corrected chi connectivity index (χ2v) is 10.3. The van der Waals surface area contributed by atoms with E-state index in [1.807, 2.05) is 23.6 Å². The third-order valence-electron chi connectivity index (χ3n) is 6.83. The van der Waals surface area contributed by atoms with Gasteiger partial charge in [-0.25, -0.2) is 9.89 Å². The number of alkyl halides is 3. The minimum absolute atomic E-state index is 0.0347. The Kier molecular flexibility index (Phi) is 6.75. The SMILES string of the molecule is Cc1cc2c(cc1CCC(=O)O)N=C(Nc1ccc(C(F)(F)F)cc1)[N+]2=CC1CCCC(C)(C)C1. The molecule has 2 aromatic carbocycles. The van der Waals surface area contributed by atoms with E-state index < -0.39 is 17.7 Å². The molecule has 2 aromatic rings. The van der Waals surface area contributed by atoms with Gasteiger partial charge in [0.2, 0.25) is 0 Å². The number of aryl methyl sites for hydroxylation is 2. The zero-order valence-electron chi connectivity index (χ0n) is 20.2. The summed E-state index contributed by atoms with van der Waals surface area (Å²) in [7, 11) is 0. The van der Waals surface area contributed by atoms with Gasteiger partial charge in [0.25, 0.3) is 0 Å². The molecular weight excluding hydrogens is 455 g/mol. The highest BCUT2D eigenvalue weighted by Gasteiger charge is 2.34. The predicted octanol–water partition coefficient (Wildman–Crippen LogP) is 7.08. The van der Waals surface area contributed by atoms with Crippen molar-refractivity contribution in [1.82, 2.24) is 0 Å². The summed E-state index contributed by atoms with van der Waals surface area (Å²) in [4.78, 5) is 15.8. The normalized spacial score (nSPS) is 20.5. The number of carboxylic acids is 1. The topological polar surface area (TPSA) is 64.7 Å². The number of fused-ring (bicyclic) bond motifs is 1. The third-order valence-corrected chi connectivity index (χ3v) is 6.83. The molecule has 1 fully saturated rings. The molecule has 1 aliphatic carbocycles. The number of nitrogens with one attached hydrogen (secondary N) is 1. The molecular formula is C27H31F3N3O2+. The first-order chi connectivity index (χ1) is 16.4. The second-order valence-electron chi connectivity index (χ2n) is 10.3. The fourth-order valence-electron chi connectivity index (χ4n) is 5.01. The van der Waals surface area contributed by atoms with E-state index in [1.165, 1.54) is 18.6 Å². The molecule has 1 saturated carbocycles. The number of hydrogen-bond acceptors (Lipinski definition) is 3. The Bertz CT molecular complexity index is 1180. The van der Waals surface area contributed by atoms with Gasteiger partial charge >= 0.3 is 18.1 Å². The van der Waals surface area contributed by atoms with Crippen molar-refractivity contribution < 1.29 is 27.6 Å². The smallest absolute Gasteiger partial charge is 0.416 e. The summed E-state index contributed by atoms with van der Waals surface area (Å²) in [5.74, 6) is 0.0159. The molecule has 2 N–H and O–H groups in total. The van der Waals surface area contributed by atoms with Crippen LogP contribution in [0.5, 0.6) is 0 Å². The molecule has 0 radical (unpaired) electrons. The maximum absolute atomic E-state index is 13.0. The van der Waals surface area contributed by atoms with E-state index in [0.29, 0.717) is 24.0 Å². The van der Waals surface area contributed by atoms with E-state index >= 15 is 0 Å². The number of aliphatic carboxylic acids is 1. The Labute approximate surface area is 203 Å².